The molecule has 0 aromatic heterocycles. The zero-order valence-corrected chi connectivity index (χ0v) is 13.7. The predicted octanol–water partition coefficient (Wildman–Crippen LogP) is 4.67. The smallest absolute Gasteiger partial charge is 0.129 e. The standard InChI is InChI=1S/C16H14BrClO3/c1-20-10-3-5-12-14(19)8-16(21-15(12)7-10)11-4-2-9(17)6-13(11)18/h2-7,14,16,19H,8H2,1H3. The summed E-state index contributed by atoms with van der Waals surface area (Å²) in [5, 5.41) is 10.9. The largest absolute Gasteiger partial charge is 0.497 e. The van der Waals surface area contributed by atoms with Crippen molar-refractivity contribution in [3.05, 3.63) is 57.0 Å². The number of ether oxygens (including phenoxy) is 2. The lowest BCUT2D eigenvalue weighted by Gasteiger charge is -2.30. The van der Waals surface area contributed by atoms with E-state index < -0.39 is 6.10 Å². The highest BCUT2D eigenvalue weighted by Gasteiger charge is 2.29. The Morgan fingerprint density at radius 2 is 2.00 bits per heavy atom. The Morgan fingerprint density at radius 1 is 1.24 bits per heavy atom. The summed E-state index contributed by atoms with van der Waals surface area (Å²) in [6.45, 7) is 0. The van der Waals surface area contributed by atoms with Crippen LogP contribution in [0.15, 0.2) is 40.9 Å². The third-order valence-electron chi connectivity index (χ3n) is 3.60. The van der Waals surface area contributed by atoms with Crippen molar-refractivity contribution in [2.45, 2.75) is 18.6 Å². The highest BCUT2D eigenvalue weighted by molar-refractivity contribution is 9.10. The van der Waals surface area contributed by atoms with Gasteiger partial charge in [-0.05, 0) is 24.3 Å². The molecule has 0 saturated heterocycles. The van der Waals surface area contributed by atoms with Crippen molar-refractivity contribution in [2.75, 3.05) is 7.11 Å². The molecular formula is C16H14BrClO3. The average Bonchev–Trinajstić information content (AvgIpc) is 2.46. The lowest BCUT2D eigenvalue weighted by molar-refractivity contribution is 0.0655. The van der Waals surface area contributed by atoms with Crippen molar-refractivity contribution in [2.24, 2.45) is 0 Å². The first-order valence-electron chi connectivity index (χ1n) is 6.56. The molecule has 21 heavy (non-hydrogen) atoms. The van der Waals surface area contributed by atoms with Gasteiger partial charge in [-0.15, -0.1) is 0 Å². The third kappa shape index (κ3) is 2.89. The quantitative estimate of drug-likeness (QED) is 0.836. The van der Waals surface area contributed by atoms with E-state index in [1.54, 1.807) is 13.2 Å². The van der Waals surface area contributed by atoms with Gasteiger partial charge in [0.2, 0.25) is 0 Å². The Hall–Kier alpha value is -1.23. The van der Waals surface area contributed by atoms with Crippen LogP contribution in [0.1, 0.15) is 29.8 Å². The van der Waals surface area contributed by atoms with E-state index in [0.29, 0.717) is 22.9 Å². The molecule has 110 valence electrons. The fourth-order valence-electron chi connectivity index (χ4n) is 2.50. The summed E-state index contributed by atoms with van der Waals surface area (Å²) in [6, 6.07) is 11.1. The second-order valence-electron chi connectivity index (χ2n) is 4.93. The number of hydrogen-bond acceptors (Lipinski definition) is 3. The molecule has 0 bridgehead atoms. The second kappa shape index (κ2) is 5.87. The molecule has 0 fully saturated rings. The van der Waals surface area contributed by atoms with E-state index in [9.17, 15) is 5.11 Å². The Morgan fingerprint density at radius 3 is 2.71 bits per heavy atom. The monoisotopic (exact) mass is 368 g/mol. The zero-order chi connectivity index (χ0) is 15.0. The summed E-state index contributed by atoms with van der Waals surface area (Å²) < 4.78 is 12.1. The molecule has 5 heteroatoms. The van der Waals surface area contributed by atoms with Gasteiger partial charge in [0, 0.05) is 33.1 Å². The van der Waals surface area contributed by atoms with E-state index in [2.05, 4.69) is 15.9 Å². The van der Waals surface area contributed by atoms with Crippen molar-refractivity contribution in [3.63, 3.8) is 0 Å². The van der Waals surface area contributed by atoms with Crippen molar-refractivity contribution >= 4 is 27.5 Å². The summed E-state index contributed by atoms with van der Waals surface area (Å²) in [6.07, 6.45) is -0.384. The minimum atomic E-state index is -0.579. The number of fused-ring (bicyclic) bond motifs is 1. The van der Waals surface area contributed by atoms with Crippen LogP contribution in [0, 0.1) is 0 Å². The van der Waals surface area contributed by atoms with Crippen LogP contribution >= 0.6 is 27.5 Å². The molecule has 3 rings (SSSR count). The van der Waals surface area contributed by atoms with Gasteiger partial charge in [0.15, 0.2) is 0 Å². The van der Waals surface area contributed by atoms with Gasteiger partial charge in [-0.25, -0.2) is 0 Å². The SMILES string of the molecule is COc1ccc2c(c1)OC(c1ccc(Br)cc1Cl)CC2O. The van der Waals surface area contributed by atoms with Gasteiger partial charge in [-0.3, -0.25) is 0 Å². The fourth-order valence-corrected chi connectivity index (χ4v) is 3.30. The normalized spacial score (nSPS) is 20.6. The van der Waals surface area contributed by atoms with Gasteiger partial charge in [-0.1, -0.05) is 33.6 Å². The summed E-state index contributed by atoms with van der Waals surface area (Å²) in [5.41, 5.74) is 1.65. The summed E-state index contributed by atoms with van der Waals surface area (Å²) >= 11 is 9.67. The molecule has 1 aliphatic heterocycles. The number of aliphatic hydroxyl groups excluding tert-OH is 1. The number of aliphatic hydroxyl groups is 1. The third-order valence-corrected chi connectivity index (χ3v) is 4.42. The molecule has 1 N–H and O–H groups in total. The molecule has 2 unspecified atom stereocenters. The molecule has 0 radical (unpaired) electrons. The lowest BCUT2D eigenvalue weighted by atomic mass is 9.95. The van der Waals surface area contributed by atoms with Crippen molar-refractivity contribution in [1.82, 2.24) is 0 Å². The van der Waals surface area contributed by atoms with Gasteiger partial charge >= 0.3 is 0 Å². The van der Waals surface area contributed by atoms with Crippen LogP contribution in [0.5, 0.6) is 11.5 Å². The van der Waals surface area contributed by atoms with Gasteiger partial charge < -0.3 is 14.6 Å². The molecule has 3 nitrogen and oxygen atoms in total. The summed E-state index contributed by atoms with van der Waals surface area (Å²) in [5.74, 6) is 1.33. The molecule has 2 aromatic carbocycles. The van der Waals surface area contributed by atoms with Crippen LogP contribution in [0.3, 0.4) is 0 Å². The minimum absolute atomic E-state index is 0.278. The molecule has 1 aliphatic rings. The number of rotatable bonds is 2. The van der Waals surface area contributed by atoms with E-state index in [-0.39, 0.29) is 6.10 Å². The maximum atomic E-state index is 10.3. The highest BCUT2D eigenvalue weighted by Crippen LogP contribution is 2.43. The van der Waals surface area contributed by atoms with E-state index in [1.807, 2.05) is 30.3 Å². The molecule has 1 heterocycles. The number of benzene rings is 2. The van der Waals surface area contributed by atoms with Crippen LogP contribution < -0.4 is 9.47 Å². The van der Waals surface area contributed by atoms with Crippen LogP contribution in [0.25, 0.3) is 0 Å². The molecule has 0 amide bonds. The maximum absolute atomic E-state index is 10.3. The van der Waals surface area contributed by atoms with E-state index in [4.69, 9.17) is 21.1 Å². The Labute approximate surface area is 136 Å². The Balaban J connectivity index is 1.96. The first-order chi connectivity index (χ1) is 10.1. The van der Waals surface area contributed by atoms with Crippen LogP contribution in [-0.4, -0.2) is 12.2 Å². The van der Waals surface area contributed by atoms with Crippen molar-refractivity contribution in [1.29, 1.82) is 0 Å². The van der Waals surface area contributed by atoms with Crippen molar-refractivity contribution in [3.8, 4) is 11.5 Å². The van der Waals surface area contributed by atoms with Crippen LogP contribution in [0.2, 0.25) is 5.02 Å². The molecule has 0 aliphatic carbocycles. The van der Waals surface area contributed by atoms with Gasteiger partial charge in [0.1, 0.15) is 17.6 Å². The first kappa shape index (κ1) is 14.7. The van der Waals surface area contributed by atoms with E-state index in [1.165, 1.54) is 0 Å². The fraction of sp³-hybridized carbons (Fsp3) is 0.250. The van der Waals surface area contributed by atoms with Gasteiger partial charge in [0.05, 0.1) is 13.2 Å². The zero-order valence-electron chi connectivity index (χ0n) is 11.3. The van der Waals surface area contributed by atoms with Gasteiger partial charge in [-0.2, -0.15) is 0 Å². The predicted molar refractivity (Wildman–Crippen MR) is 85.1 cm³/mol. The lowest BCUT2D eigenvalue weighted by Crippen LogP contribution is -2.19. The molecule has 2 atom stereocenters. The van der Waals surface area contributed by atoms with Crippen LogP contribution in [0.4, 0.5) is 0 Å². The molecule has 2 aromatic rings. The topological polar surface area (TPSA) is 38.7 Å². The Kier molecular flexibility index (Phi) is 4.11. The first-order valence-corrected chi connectivity index (χ1v) is 7.73. The van der Waals surface area contributed by atoms with Crippen molar-refractivity contribution < 1.29 is 14.6 Å². The maximum Gasteiger partial charge on any atom is 0.129 e. The second-order valence-corrected chi connectivity index (χ2v) is 6.25. The van der Waals surface area contributed by atoms with Crippen LogP contribution in [-0.2, 0) is 0 Å². The van der Waals surface area contributed by atoms with E-state index in [0.717, 1.165) is 15.6 Å². The average molecular weight is 370 g/mol. The number of methoxy groups -OCH3 is 1. The highest BCUT2D eigenvalue weighted by atomic mass is 79.9. The summed E-state index contributed by atoms with van der Waals surface area (Å²) in [4.78, 5) is 0. The summed E-state index contributed by atoms with van der Waals surface area (Å²) in [7, 11) is 1.60. The van der Waals surface area contributed by atoms with E-state index >= 15 is 0 Å². The molecular weight excluding hydrogens is 356 g/mol. The molecule has 0 spiro atoms. The molecule has 0 saturated carbocycles. The number of hydrogen-bond donors (Lipinski definition) is 1. The number of halogens is 2. The minimum Gasteiger partial charge on any atom is -0.497 e. The van der Waals surface area contributed by atoms with Gasteiger partial charge in [0.25, 0.3) is 0 Å². The Bertz CT molecular complexity index is 675.